The molecular formula is C25H19F2N3O4. The maximum absolute atomic E-state index is 13.7. The SMILES string of the molecule is O=C(CN1C(=O)N/C(=C/c2ccccc2OCc2cccc(F)c2)C1=O)Nc1ccccc1F. The molecule has 2 N–H and O–H groups in total. The van der Waals surface area contributed by atoms with E-state index in [1.54, 1.807) is 42.5 Å². The van der Waals surface area contributed by atoms with E-state index in [-0.39, 0.29) is 23.8 Å². The molecule has 3 aromatic rings. The van der Waals surface area contributed by atoms with Crippen LogP contribution in [-0.4, -0.2) is 29.3 Å². The molecule has 172 valence electrons. The number of hydrogen-bond acceptors (Lipinski definition) is 4. The first-order valence-corrected chi connectivity index (χ1v) is 10.3. The van der Waals surface area contributed by atoms with E-state index in [1.807, 2.05) is 0 Å². The van der Waals surface area contributed by atoms with Crippen molar-refractivity contribution in [2.75, 3.05) is 11.9 Å². The van der Waals surface area contributed by atoms with Gasteiger partial charge in [0.05, 0.1) is 5.69 Å². The van der Waals surface area contributed by atoms with Gasteiger partial charge in [0.15, 0.2) is 0 Å². The molecule has 0 aromatic heterocycles. The number of rotatable bonds is 7. The van der Waals surface area contributed by atoms with Gasteiger partial charge < -0.3 is 15.4 Å². The topological polar surface area (TPSA) is 87.7 Å². The van der Waals surface area contributed by atoms with Gasteiger partial charge in [-0.3, -0.25) is 9.59 Å². The molecule has 0 saturated carbocycles. The summed E-state index contributed by atoms with van der Waals surface area (Å²) < 4.78 is 32.9. The molecule has 34 heavy (non-hydrogen) atoms. The van der Waals surface area contributed by atoms with Gasteiger partial charge in [0.25, 0.3) is 5.91 Å². The van der Waals surface area contributed by atoms with E-state index < -0.39 is 30.2 Å². The number of nitrogens with one attached hydrogen (secondary N) is 2. The molecule has 1 fully saturated rings. The highest BCUT2D eigenvalue weighted by Crippen LogP contribution is 2.24. The number of ether oxygens (including phenoxy) is 1. The molecule has 4 amide bonds. The van der Waals surface area contributed by atoms with Gasteiger partial charge in [-0.2, -0.15) is 0 Å². The maximum atomic E-state index is 13.7. The largest absolute Gasteiger partial charge is 0.488 e. The highest BCUT2D eigenvalue weighted by Gasteiger charge is 2.35. The Labute approximate surface area is 193 Å². The summed E-state index contributed by atoms with van der Waals surface area (Å²) in [6.45, 7) is -0.491. The van der Waals surface area contributed by atoms with Crippen molar-refractivity contribution in [3.05, 3.63) is 101 Å². The van der Waals surface area contributed by atoms with Gasteiger partial charge in [-0.15, -0.1) is 0 Å². The van der Waals surface area contributed by atoms with E-state index in [0.717, 1.165) is 4.90 Å². The normalized spacial score (nSPS) is 14.3. The van der Waals surface area contributed by atoms with Crippen LogP contribution in [0.1, 0.15) is 11.1 Å². The minimum Gasteiger partial charge on any atom is -0.488 e. The van der Waals surface area contributed by atoms with Crippen LogP contribution in [0.2, 0.25) is 0 Å². The monoisotopic (exact) mass is 463 g/mol. The Kier molecular flexibility index (Phi) is 6.63. The molecule has 1 aliphatic rings. The fraction of sp³-hybridized carbons (Fsp3) is 0.0800. The van der Waals surface area contributed by atoms with Gasteiger partial charge >= 0.3 is 6.03 Å². The van der Waals surface area contributed by atoms with Crippen molar-refractivity contribution < 1.29 is 27.9 Å². The lowest BCUT2D eigenvalue weighted by Gasteiger charge is -2.12. The minimum atomic E-state index is -0.780. The summed E-state index contributed by atoms with van der Waals surface area (Å²) in [6.07, 6.45) is 1.43. The Morgan fingerprint density at radius 3 is 2.56 bits per heavy atom. The Morgan fingerprint density at radius 2 is 1.76 bits per heavy atom. The number of nitrogens with zero attached hydrogens (tertiary/aromatic N) is 1. The molecule has 0 bridgehead atoms. The molecule has 1 heterocycles. The fourth-order valence-electron chi connectivity index (χ4n) is 3.29. The number of halogens is 2. The zero-order chi connectivity index (χ0) is 24.1. The van der Waals surface area contributed by atoms with Gasteiger partial charge in [-0.25, -0.2) is 18.5 Å². The lowest BCUT2D eigenvalue weighted by atomic mass is 10.1. The van der Waals surface area contributed by atoms with Crippen LogP contribution in [-0.2, 0) is 16.2 Å². The third kappa shape index (κ3) is 5.26. The Morgan fingerprint density at radius 1 is 1.00 bits per heavy atom. The van der Waals surface area contributed by atoms with E-state index in [4.69, 9.17) is 4.74 Å². The average molecular weight is 463 g/mol. The zero-order valence-corrected chi connectivity index (χ0v) is 17.8. The molecular weight excluding hydrogens is 444 g/mol. The van der Waals surface area contributed by atoms with Crippen LogP contribution >= 0.6 is 0 Å². The number of amides is 4. The molecule has 0 spiro atoms. The number of imide groups is 1. The van der Waals surface area contributed by atoms with Crippen molar-refractivity contribution in [3.63, 3.8) is 0 Å². The van der Waals surface area contributed by atoms with Crippen LogP contribution in [0.5, 0.6) is 5.75 Å². The maximum Gasteiger partial charge on any atom is 0.329 e. The summed E-state index contributed by atoms with van der Waals surface area (Å²) in [6, 6.07) is 17.6. The molecule has 3 aromatic carbocycles. The smallest absolute Gasteiger partial charge is 0.329 e. The predicted molar refractivity (Wildman–Crippen MR) is 120 cm³/mol. The highest BCUT2D eigenvalue weighted by molar-refractivity contribution is 6.16. The van der Waals surface area contributed by atoms with Crippen molar-refractivity contribution in [2.45, 2.75) is 6.61 Å². The second-order valence-corrected chi connectivity index (χ2v) is 7.36. The number of para-hydroxylation sites is 2. The lowest BCUT2D eigenvalue weighted by molar-refractivity contribution is -0.127. The third-order valence-corrected chi connectivity index (χ3v) is 4.91. The van der Waals surface area contributed by atoms with Gasteiger partial charge in [0, 0.05) is 5.56 Å². The highest BCUT2D eigenvalue weighted by atomic mass is 19.1. The van der Waals surface area contributed by atoms with Crippen molar-refractivity contribution >= 4 is 29.6 Å². The number of urea groups is 1. The Hall–Kier alpha value is -4.53. The fourth-order valence-corrected chi connectivity index (χ4v) is 3.29. The number of carbonyl (C=O) groups excluding carboxylic acids is 3. The third-order valence-electron chi connectivity index (χ3n) is 4.91. The average Bonchev–Trinajstić information content (AvgIpc) is 3.07. The Balaban J connectivity index is 1.46. The van der Waals surface area contributed by atoms with E-state index in [2.05, 4.69) is 10.6 Å². The van der Waals surface area contributed by atoms with Crippen LogP contribution in [0.3, 0.4) is 0 Å². The number of benzene rings is 3. The molecule has 1 aliphatic heterocycles. The first-order valence-electron chi connectivity index (χ1n) is 10.3. The number of carbonyl (C=O) groups is 3. The van der Waals surface area contributed by atoms with E-state index in [1.165, 1.54) is 36.4 Å². The summed E-state index contributed by atoms with van der Waals surface area (Å²) >= 11 is 0. The van der Waals surface area contributed by atoms with Gasteiger partial charge in [-0.1, -0.05) is 42.5 Å². The minimum absolute atomic E-state index is 0.0505. The summed E-state index contributed by atoms with van der Waals surface area (Å²) in [7, 11) is 0. The Bertz CT molecular complexity index is 1290. The van der Waals surface area contributed by atoms with Crippen LogP contribution in [0, 0.1) is 11.6 Å². The van der Waals surface area contributed by atoms with Gasteiger partial charge in [0.2, 0.25) is 5.91 Å². The van der Waals surface area contributed by atoms with Crippen molar-refractivity contribution in [1.29, 1.82) is 0 Å². The lowest BCUT2D eigenvalue weighted by Crippen LogP contribution is -2.38. The second-order valence-electron chi connectivity index (χ2n) is 7.36. The van der Waals surface area contributed by atoms with Crippen LogP contribution < -0.4 is 15.4 Å². The molecule has 0 unspecified atom stereocenters. The molecule has 0 aliphatic carbocycles. The molecule has 0 atom stereocenters. The summed E-state index contributed by atoms with van der Waals surface area (Å²) in [4.78, 5) is 38.0. The second kappa shape index (κ2) is 9.95. The summed E-state index contributed by atoms with van der Waals surface area (Å²) in [5, 5.41) is 4.76. The first kappa shape index (κ1) is 22.7. The van der Waals surface area contributed by atoms with Crippen molar-refractivity contribution in [3.8, 4) is 5.75 Å². The molecule has 1 saturated heterocycles. The molecule has 0 radical (unpaired) electrons. The number of hydrogen-bond donors (Lipinski definition) is 2. The van der Waals surface area contributed by atoms with Gasteiger partial charge in [-0.05, 0) is 42.0 Å². The van der Waals surface area contributed by atoms with Crippen LogP contribution in [0.25, 0.3) is 6.08 Å². The molecule has 9 heteroatoms. The van der Waals surface area contributed by atoms with Gasteiger partial charge in [0.1, 0.15) is 36.2 Å². The summed E-state index contributed by atoms with van der Waals surface area (Å²) in [5.74, 6) is -2.04. The molecule has 7 nitrogen and oxygen atoms in total. The van der Waals surface area contributed by atoms with Crippen LogP contribution in [0.4, 0.5) is 19.3 Å². The quantitative estimate of drug-likeness (QED) is 0.408. The molecule has 4 rings (SSSR count). The van der Waals surface area contributed by atoms with Crippen molar-refractivity contribution in [1.82, 2.24) is 10.2 Å². The summed E-state index contributed by atoms with van der Waals surface area (Å²) in [5.41, 5.74) is 1.02. The standard InChI is InChI=1S/C25H19F2N3O4/c26-18-8-5-6-16(12-18)15-34-22-11-4-1-7-17(22)13-21-24(32)30(25(33)29-21)14-23(31)28-20-10-3-2-9-19(20)27/h1-13H,14-15H2,(H,28,31)(H,29,33)/b21-13+. The predicted octanol–water partition coefficient (Wildman–Crippen LogP) is 4.08. The zero-order valence-electron chi connectivity index (χ0n) is 17.8. The van der Waals surface area contributed by atoms with E-state index >= 15 is 0 Å². The van der Waals surface area contributed by atoms with E-state index in [9.17, 15) is 23.2 Å². The first-order chi connectivity index (χ1) is 16.4. The number of anilines is 1. The van der Waals surface area contributed by atoms with E-state index in [0.29, 0.717) is 16.9 Å². The van der Waals surface area contributed by atoms with Crippen LogP contribution in [0.15, 0.2) is 78.5 Å². The van der Waals surface area contributed by atoms with Crippen molar-refractivity contribution in [2.24, 2.45) is 0 Å².